The number of nitrogens with one attached hydrogen (secondary N) is 1. The first-order valence-electron chi connectivity index (χ1n) is 7.33. The minimum absolute atomic E-state index is 0.00594. The van der Waals surface area contributed by atoms with Crippen molar-refractivity contribution in [3.8, 4) is 0 Å². The van der Waals surface area contributed by atoms with E-state index in [-0.39, 0.29) is 22.5 Å². The largest absolute Gasteiger partial charge is 0.462 e. The van der Waals surface area contributed by atoms with E-state index >= 15 is 0 Å². The lowest BCUT2D eigenvalue weighted by Gasteiger charge is -2.07. The van der Waals surface area contributed by atoms with Crippen molar-refractivity contribution in [3.63, 3.8) is 0 Å². The van der Waals surface area contributed by atoms with Crippen LogP contribution in [0, 0.1) is 6.92 Å². The van der Waals surface area contributed by atoms with Crippen LogP contribution >= 0.6 is 11.8 Å². The average Bonchev–Trinajstić information content (AvgIpc) is 2.60. The van der Waals surface area contributed by atoms with E-state index in [9.17, 15) is 14.4 Å². The quantitative estimate of drug-likeness (QED) is 0.433. The molecule has 3 N–H and O–H groups in total. The first-order chi connectivity index (χ1) is 11.9. The van der Waals surface area contributed by atoms with E-state index in [2.05, 4.69) is 15.5 Å². The Morgan fingerprint density at radius 2 is 1.96 bits per heavy atom. The van der Waals surface area contributed by atoms with Crippen molar-refractivity contribution in [1.29, 1.82) is 0 Å². The van der Waals surface area contributed by atoms with Gasteiger partial charge in [-0.25, -0.2) is 4.79 Å². The maximum Gasteiger partial charge on any atom is 0.338 e. The molecule has 2 aromatic rings. The minimum Gasteiger partial charge on any atom is -0.462 e. The van der Waals surface area contributed by atoms with E-state index in [4.69, 9.17) is 10.6 Å². The molecule has 10 heteroatoms. The molecule has 0 aliphatic rings. The number of aromatic nitrogens is 3. The van der Waals surface area contributed by atoms with Gasteiger partial charge < -0.3 is 15.9 Å². The molecular weight excluding hydrogens is 346 g/mol. The number of hydrogen-bond acceptors (Lipinski definition) is 8. The predicted molar refractivity (Wildman–Crippen MR) is 92.9 cm³/mol. The summed E-state index contributed by atoms with van der Waals surface area (Å²) >= 11 is 0.990. The third-order valence-electron chi connectivity index (χ3n) is 3.03. The molecule has 9 nitrogen and oxygen atoms in total. The molecule has 0 spiro atoms. The van der Waals surface area contributed by atoms with Crippen LogP contribution in [0.25, 0.3) is 0 Å². The molecule has 1 amide bonds. The lowest BCUT2D eigenvalue weighted by molar-refractivity contribution is -0.113. The highest BCUT2D eigenvalue weighted by atomic mass is 32.2. The molecule has 0 atom stereocenters. The summed E-state index contributed by atoms with van der Waals surface area (Å²) < 4.78 is 5.74. The molecule has 1 aromatic carbocycles. The Hall–Kier alpha value is -2.88. The van der Waals surface area contributed by atoms with Crippen molar-refractivity contribution in [3.05, 3.63) is 45.9 Å². The number of amides is 1. The van der Waals surface area contributed by atoms with Gasteiger partial charge in [-0.15, -0.1) is 10.2 Å². The number of rotatable bonds is 6. The highest BCUT2D eigenvalue weighted by Crippen LogP contribution is 2.14. The van der Waals surface area contributed by atoms with Crippen LogP contribution in [-0.4, -0.2) is 39.1 Å². The fraction of sp³-hybridized carbons (Fsp3) is 0.267. The number of carbonyl (C=O) groups excluding carboxylic acids is 2. The van der Waals surface area contributed by atoms with E-state index in [0.717, 1.165) is 16.4 Å². The number of ether oxygens (including phenoxy) is 1. The van der Waals surface area contributed by atoms with Gasteiger partial charge in [-0.1, -0.05) is 11.8 Å². The zero-order chi connectivity index (χ0) is 18.4. The van der Waals surface area contributed by atoms with Gasteiger partial charge in [0.05, 0.1) is 17.9 Å². The Morgan fingerprint density at radius 1 is 1.28 bits per heavy atom. The van der Waals surface area contributed by atoms with Gasteiger partial charge in [-0.05, 0) is 38.1 Å². The maximum atomic E-state index is 12.0. The molecule has 1 heterocycles. The van der Waals surface area contributed by atoms with Crippen LogP contribution in [0.5, 0.6) is 0 Å². The number of benzene rings is 1. The van der Waals surface area contributed by atoms with Crippen LogP contribution in [0.1, 0.15) is 23.0 Å². The smallest absolute Gasteiger partial charge is 0.338 e. The molecule has 0 saturated carbocycles. The van der Waals surface area contributed by atoms with Crippen molar-refractivity contribution < 1.29 is 14.3 Å². The Balaban J connectivity index is 1.93. The molecular formula is C15H17N5O4S. The van der Waals surface area contributed by atoms with Crippen LogP contribution in [0.15, 0.2) is 34.2 Å². The Bertz CT molecular complexity index is 835. The molecule has 0 radical (unpaired) electrons. The fourth-order valence-electron chi connectivity index (χ4n) is 1.80. The number of nitrogens with two attached hydrogens (primary N) is 1. The second kappa shape index (κ2) is 8.29. The third kappa shape index (κ3) is 4.80. The van der Waals surface area contributed by atoms with Gasteiger partial charge in [0.25, 0.3) is 5.56 Å². The van der Waals surface area contributed by atoms with Crippen molar-refractivity contribution in [1.82, 2.24) is 14.9 Å². The molecule has 0 fully saturated rings. The van der Waals surface area contributed by atoms with E-state index in [1.54, 1.807) is 31.2 Å². The number of anilines is 1. The molecule has 0 aliphatic carbocycles. The number of hydrogen-bond donors (Lipinski definition) is 2. The maximum absolute atomic E-state index is 12.0. The Labute approximate surface area is 147 Å². The first-order valence-corrected chi connectivity index (χ1v) is 8.32. The van der Waals surface area contributed by atoms with E-state index in [1.807, 2.05) is 0 Å². The van der Waals surface area contributed by atoms with E-state index in [1.165, 1.54) is 6.92 Å². The predicted octanol–water partition coefficient (Wildman–Crippen LogP) is 0.568. The topological polar surface area (TPSA) is 129 Å². The van der Waals surface area contributed by atoms with Crippen molar-refractivity contribution in [2.75, 3.05) is 23.5 Å². The molecule has 0 bridgehead atoms. The van der Waals surface area contributed by atoms with Crippen LogP contribution in [-0.2, 0) is 9.53 Å². The van der Waals surface area contributed by atoms with Gasteiger partial charge in [0, 0.05) is 5.69 Å². The summed E-state index contributed by atoms with van der Waals surface area (Å²) in [7, 11) is 0. The highest BCUT2D eigenvalue weighted by molar-refractivity contribution is 7.99. The number of nitrogen functional groups attached to an aromatic ring is 1. The molecule has 2 rings (SSSR count). The lowest BCUT2D eigenvalue weighted by atomic mass is 10.2. The number of esters is 1. The summed E-state index contributed by atoms with van der Waals surface area (Å²) in [5, 5.41) is 10.3. The minimum atomic E-state index is -0.465. The number of carbonyl (C=O) groups is 2. The van der Waals surface area contributed by atoms with E-state index < -0.39 is 11.5 Å². The molecule has 25 heavy (non-hydrogen) atoms. The number of aryl methyl sites for hydroxylation is 1. The summed E-state index contributed by atoms with van der Waals surface area (Å²) in [4.78, 5) is 35.2. The van der Waals surface area contributed by atoms with Crippen LogP contribution in [0.2, 0.25) is 0 Å². The summed E-state index contributed by atoms with van der Waals surface area (Å²) in [6, 6.07) is 6.31. The van der Waals surface area contributed by atoms with Gasteiger partial charge >= 0.3 is 5.97 Å². The summed E-state index contributed by atoms with van der Waals surface area (Å²) in [6.45, 7) is 3.52. The zero-order valence-electron chi connectivity index (χ0n) is 13.7. The molecule has 0 saturated heterocycles. The normalized spacial score (nSPS) is 10.3. The van der Waals surface area contributed by atoms with Crippen molar-refractivity contribution in [2.24, 2.45) is 0 Å². The van der Waals surface area contributed by atoms with Crippen LogP contribution in [0.4, 0.5) is 5.69 Å². The molecule has 1 aromatic heterocycles. The fourth-order valence-corrected chi connectivity index (χ4v) is 2.45. The summed E-state index contributed by atoms with van der Waals surface area (Å²) in [5.74, 6) is 4.85. The average molecular weight is 363 g/mol. The van der Waals surface area contributed by atoms with Crippen molar-refractivity contribution in [2.45, 2.75) is 19.0 Å². The SMILES string of the molecule is CCOC(=O)c1ccc(NC(=O)CSc2nnc(C)c(=O)n2N)cc1. The molecule has 0 unspecified atom stereocenters. The first kappa shape index (κ1) is 18.5. The van der Waals surface area contributed by atoms with Crippen LogP contribution in [0.3, 0.4) is 0 Å². The van der Waals surface area contributed by atoms with E-state index in [0.29, 0.717) is 17.9 Å². The second-order valence-electron chi connectivity index (χ2n) is 4.88. The highest BCUT2D eigenvalue weighted by Gasteiger charge is 2.11. The number of thioether (sulfide) groups is 1. The lowest BCUT2D eigenvalue weighted by Crippen LogP contribution is -2.32. The number of nitrogens with zero attached hydrogens (tertiary/aromatic N) is 3. The zero-order valence-corrected chi connectivity index (χ0v) is 14.5. The van der Waals surface area contributed by atoms with Crippen LogP contribution < -0.4 is 16.7 Å². The van der Waals surface area contributed by atoms with Gasteiger partial charge in [0.15, 0.2) is 0 Å². The third-order valence-corrected chi connectivity index (χ3v) is 3.98. The standard InChI is InChI=1S/C15H17N5O4S/c1-3-24-14(23)10-4-6-11(7-5-10)17-12(21)8-25-15-19-18-9(2)13(22)20(15)16/h4-7H,3,8,16H2,1-2H3,(H,17,21). The summed E-state index contributed by atoms with van der Waals surface area (Å²) in [6.07, 6.45) is 0. The van der Waals surface area contributed by atoms with Gasteiger partial charge in [0.1, 0.15) is 5.69 Å². The monoisotopic (exact) mass is 363 g/mol. The Kier molecular flexibility index (Phi) is 6.12. The van der Waals surface area contributed by atoms with Crippen molar-refractivity contribution >= 4 is 29.3 Å². The van der Waals surface area contributed by atoms with Gasteiger partial charge in [0.2, 0.25) is 11.1 Å². The second-order valence-corrected chi connectivity index (χ2v) is 5.82. The Morgan fingerprint density at radius 3 is 2.60 bits per heavy atom. The van der Waals surface area contributed by atoms with Gasteiger partial charge in [-0.2, -0.15) is 4.68 Å². The molecule has 132 valence electrons. The van der Waals surface area contributed by atoms with Gasteiger partial charge in [-0.3, -0.25) is 9.59 Å². The summed E-state index contributed by atoms with van der Waals surface area (Å²) in [5.41, 5.74) is 0.639. The molecule has 0 aliphatic heterocycles.